The van der Waals surface area contributed by atoms with E-state index in [1.165, 1.54) is 5.56 Å². The average molecular weight is 501 g/mol. The van der Waals surface area contributed by atoms with Crippen LogP contribution in [0.4, 0.5) is 0 Å². The highest BCUT2D eigenvalue weighted by molar-refractivity contribution is 5.98. The normalized spacial score (nSPS) is 26.2. The predicted octanol–water partition coefficient (Wildman–Crippen LogP) is 5.36. The Morgan fingerprint density at radius 3 is 2.65 bits per heavy atom. The van der Waals surface area contributed by atoms with E-state index in [0.717, 1.165) is 48.0 Å². The highest BCUT2D eigenvalue weighted by atomic mass is 16.5. The molecule has 1 saturated carbocycles. The Kier molecular flexibility index (Phi) is 7.28. The van der Waals surface area contributed by atoms with Gasteiger partial charge < -0.3 is 19.6 Å². The van der Waals surface area contributed by atoms with Crippen LogP contribution >= 0.6 is 0 Å². The molecule has 1 heterocycles. The predicted molar refractivity (Wildman–Crippen MR) is 149 cm³/mol. The third kappa shape index (κ3) is 4.99. The van der Waals surface area contributed by atoms with Gasteiger partial charge >= 0.3 is 0 Å². The molecule has 0 radical (unpaired) electrons. The first-order chi connectivity index (χ1) is 17.8. The quantitative estimate of drug-likeness (QED) is 0.495. The summed E-state index contributed by atoms with van der Waals surface area (Å²) in [5.74, 6) is 1.34. The second-order valence-electron chi connectivity index (χ2n) is 11.6. The summed E-state index contributed by atoms with van der Waals surface area (Å²) in [6.45, 7) is 6.82. The lowest BCUT2D eigenvalue weighted by Crippen LogP contribution is -2.61. The lowest BCUT2D eigenvalue weighted by molar-refractivity contribution is -0.0606. The number of hydrogen-bond donors (Lipinski definition) is 1. The van der Waals surface area contributed by atoms with E-state index >= 15 is 0 Å². The number of nitrogens with zero attached hydrogens (tertiary/aromatic N) is 2. The number of rotatable bonds is 6. The first-order valence-corrected chi connectivity index (χ1v) is 13.6. The molecule has 1 amide bonds. The van der Waals surface area contributed by atoms with E-state index in [4.69, 9.17) is 4.74 Å². The molecule has 3 aromatic rings. The number of aliphatic hydroxyl groups is 1. The van der Waals surface area contributed by atoms with Crippen LogP contribution in [0.15, 0.2) is 66.7 Å². The van der Waals surface area contributed by atoms with Crippen molar-refractivity contribution >= 4 is 16.7 Å². The molecule has 0 spiro atoms. The molecule has 2 aliphatic rings. The number of carbonyl (C=O) groups is 1. The van der Waals surface area contributed by atoms with Gasteiger partial charge in [-0.3, -0.25) is 4.79 Å². The van der Waals surface area contributed by atoms with Crippen molar-refractivity contribution in [2.24, 2.45) is 11.8 Å². The number of aliphatic hydroxyl groups excluding tert-OH is 1. The van der Waals surface area contributed by atoms with Gasteiger partial charge in [0.2, 0.25) is 0 Å². The molecule has 1 saturated heterocycles. The Bertz CT molecular complexity index is 1260. The van der Waals surface area contributed by atoms with Crippen LogP contribution in [-0.2, 0) is 5.41 Å². The third-order valence-electron chi connectivity index (χ3n) is 8.64. The van der Waals surface area contributed by atoms with Crippen LogP contribution in [-0.4, -0.2) is 66.8 Å². The number of piperidine rings is 1. The smallest absolute Gasteiger partial charge is 0.254 e. The molecule has 0 aromatic heterocycles. The summed E-state index contributed by atoms with van der Waals surface area (Å²) in [7, 11) is 3.84. The molecule has 2 fully saturated rings. The van der Waals surface area contributed by atoms with Gasteiger partial charge in [-0.2, -0.15) is 0 Å². The van der Waals surface area contributed by atoms with Gasteiger partial charge in [-0.25, -0.2) is 0 Å². The van der Waals surface area contributed by atoms with Crippen molar-refractivity contribution in [1.82, 2.24) is 9.80 Å². The van der Waals surface area contributed by atoms with Crippen molar-refractivity contribution in [3.63, 3.8) is 0 Å². The Morgan fingerprint density at radius 2 is 1.89 bits per heavy atom. The van der Waals surface area contributed by atoms with Crippen molar-refractivity contribution in [3.05, 3.63) is 77.9 Å². The maximum absolute atomic E-state index is 14.1. The van der Waals surface area contributed by atoms with Crippen LogP contribution in [0.5, 0.6) is 5.75 Å². The van der Waals surface area contributed by atoms with Crippen LogP contribution < -0.4 is 4.74 Å². The third-order valence-corrected chi connectivity index (χ3v) is 8.64. The van der Waals surface area contributed by atoms with Crippen molar-refractivity contribution in [3.8, 4) is 5.75 Å². The Balaban J connectivity index is 1.54. The molecule has 1 aliphatic carbocycles. The molecule has 4 atom stereocenters. The second kappa shape index (κ2) is 10.5. The highest BCUT2D eigenvalue weighted by Crippen LogP contribution is 2.50. The van der Waals surface area contributed by atoms with Gasteiger partial charge in [-0.15, -0.1) is 0 Å². The Labute approximate surface area is 221 Å². The zero-order valence-corrected chi connectivity index (χ0v) is 22.6. The largest absolute Gasteiger partial charge is 0.497 e. The van der Waals surface area contributed by atoms with E-state index in [-0.39, 0.29) is 23.3 Å². The van der Waals surface area contributed by atoms with Gasteiger partial charge in [-0.1, -0.05) is 56.3 Å². The number of likely N-dealkylation sites (tertiary alicyclic amines) is 1. The lowest BCUT2D eigenvalue weighted by Gasteiger charge is -2.56. The van der Waals surface area contributed by atoms with Gasteiger partial charge in [0.15, 0.2) is 0 Å². The van der Waals surface area contributed by atoms with Gasteiger partial charge in [0, 0.05) is 36.0 Å². The van der Waals surface area contributed by atoms with Crippen molar-refractivity contribution < 1.29 is 14.6 Å². The topological polar surface area (TPSA) is 53.0 Å². The molecule has 37 heavy (non-hydrogen) atoms. The summed E-state index contributed by atoms with van der Waals surface area (Å²) in [6.07, 6.45) is 1.93. The minimum Gasteiger partial charge on any atom is -0.497 e. The Hall–Kier alpha value is -2.89. The van der Waals surface area contributed by atoms with Crippen LogP contribution in [0, 0.1) is 11.8 Å². The van der Waals surface area contributed by atoms with E-state index in [9.17, 15) is 9.90 Å². The number of fused-ring (bicyclic) bond motifs is 2. The number of benzene rings is 3. The zero-order valence-electron chi connectivity index (χ0n) is 22.6. The number of carbonyl (C=O) groups excluding carboxylic acids is 1. The molecule has 0 bridgehead atoms. The fraction of sp³-hybridized carbons (Fsp3) is 0.469. The van der Waals surface area contributed by atoms with Gasteiger partial charge in [0.1, 0.15) is 5.75 Å². The summed E-state index contributed by atoms with van der Waals surface area (Å²) in [5, 5.41) is 13.8. The van der Waals surface area contributed by atoms with Crippen molar-refractivity contribution in [1.29, 1.82) is 0 Å². The maximum Gasteiger partial charge on any atom is 0.254 e. The van der Waals surface area contributed by atoms with Gasteiger partial charge in [0.05, 0.1) is 13.2 Å². The van der Waals surface area contributed by atoms with Crippen LogP contribution in [0.2, 0.25) is 0 Å². The molecule has 1 aliphatic heterocycles. The molecule has 1 unspecified atom stereocenters. The van der Waals surface area contributed by atoms with Crippen LogP contribution in [0.1, 0.15) is 49.0 Å². The highest BCUT2D eigenvalue weighted by Gasteiger charge is 2.53. The molecule has 5 rings (SSSR count). The molecule has 1 N–H and O–H groups in total. The first-order valence-electron chi connectivity index (χ1n) is 13.6. The number of amides is 1. The molecule has 3 aromatic carbocycles. The standard InChI is InChI=1S/C32H40N2O3/c1-22(2)20-34(31(36)25-13-12-23-8-5-6-9-24(23)16-25)27-18-30(35)29-21-33(3)15-14-32(29,19-27)26-10-7-11-28(17-26)37-4/h5-13,16-17,22,27,29-30,35H,14-15,18-21H2,1-4H3/t27-,29+,30?,32+/m1/s1. The monoisotopic (exact) mass is 500 g/mol. The summed E-state index contributed by atoms with van der Waals surface area (Å²) in [4.78, 5) is 18.5. The molecule has 5 heteroatoms. The Morgan fingerprint density at radius 1 is 1.11 bits per heavy atom. The SMILES string of the molecule is COc1cccc([C@@]23CCN(C)C[C@H]2C(O)C[C@@H](N(CC(C)C)C(=O)c2ccc4ccccc4c2)C3)c1. The minimum atomic E-state index is -0.480. The number of methoxy groups -OCH3 is 1. The van der Waals surface area contributed by atoms with E-state index in [1.807, 2.05) is 36.4 Å². The number of ether oxygens (including phenoxy) is 1. The molecular weight excluding hydrogens is 460 g/mol. The van der Waals surface area contributed by atoms with Gasteiger partial charge in [0.25, 0.3) is 5.91 Å². The summed E-state index contributed by atoms with van der Waals surface area (Å²) in [5.41, 5.74) is 1.73. The molecule has 5 nitrogen and oxygen atoms in total. The molecular formula is C32H40N2O3. The van der Waals surface area contributed by atoms with Crippen LogP contribution in [0.3, 0.4) is 0 Å². The number of hydrogen-bond acceptors (Lipinski definition) is 4. The average Bonchev–Trinajstić information content (AvgIpc) is 2.91. The fourth-order valence-electron chi connectivity index (χ4n) is 6.79. The van der Waals surface area contributed by atoms with Crippen molar-refractivity contribution in [2.75, 3.05) is 33.8 Å². The van der Waals surface area contributed by atoms with E-state index in [0.29, 0.717) is 18.9 Å². The fourth-order valence-corrected chi connectivity index (χ4v) is 6.79. The summed E-state index contributed by atoms with van der Waals surface area (Å²) < 4.78 is 5.59. The zero-order chi connectivity index (χ0) is 26.2. The summed E-state index contributed by atoms with van der Waals surface area (Å²) in [6, 6.07) is 22.5. The van der Waals surface area contributed by atoms with Crippen molar-refractivity contribution in [2.45, 2.75) is 50.7 Å². The minimum absolute atomic E-state index is 0.0396. The molecule has 196 valence electrons. The van der Waals surface area contributed by atoms with E-state index in [1.54, 1.807) is 7.11 Å². The summed E-state index contributed by atoms with van der Waals surface area (Å²) >= 11 is 0. The maximum atomic E-state index is 14.1. The van der Waals surface area contributed by atoms with E-state index < -0.39 is 6.10 Å². The lowest BCUT2D eigenvalue weighted by atomic mass is 9.56. The first kappa shape index (κ1) is 25.7. The van der Waals surface area contributed by atoms with E-state index in [2.05, 4.69) is 61.0 Å². The van der Waals surface area contributed by atoms with Gasteiger partial charge in [-0.05, 0) is 79.4 Å². The van der Waals surface area contributed by atoms with Crippen LogP contribution in [0.25, 0.3) is 10.8 Å². The second-order valence-corrected chi connectivity index (χ2v) is 11.6.